The number of aromatic nitrogens is 4. The van der Waals surface area contributed by atoms with Crippen molar-refractivity contribution in [2.24, 2.45) is 12.2 Å². The van der Waals surface area contributed by atoms with Crippen molar-refractivity contribution in [1.82, 2.24) is 30.0 Å². The van der Waals surface area contributed by atoms with Gasteiger partial charge in [-0.25, -0.2) is 0 Å². The van der Waals surface area contributed by atoms with Gasteiger partial charge >= 0.3 is 183 Å². The summed E-state index contributed by atoms with van der Waals surface area (Å²) in [5, 5.41) is 17.2. The number of rotatable bonds is 8. The fourth-order valence-corrected chi connectivity index (χ4v) is 7.50. The van der Waals surface area contributed by atoms with Crippen LogP contribution in [0.2, 0.25) is 0 Å². The number of thioether (sulfide) groups is 1. The van der Waals surface area contributed by atoms with Gasteiger partial charge in [0.2, 0.25) is 0 Å². The molecule has 19 heteroatoms. The number of fused-ring (bicyclic) bond motifs is 1. The molecule has 5 N–H and O–H groups in total. The molecular weight excluding hydrogens is 599 g/mol. The fraction of sp³-hybridized carbons (Fsp3) is 0.333. The molecule has 2 aliphatic rings. The van der Waals surface area contributed by atoms with Crippen LogP contribution >= 0.6 is 11.8 Å². The van der Waals surface area contributed by atoms with Crippen molar-refractivity contribution in [2.45, 2.75) is 16.6 Å². The number of nitrogens with one attached hydrogen (secondary N) is 2. The molecule has 37 heavy (non-hydrogen) atoms. The summed E-state index contributed by atoms with van der Waals surface area (Å²) in [7, 11) is 0.878. The van der Waals surface area contributed by atoms with E-state index in [1.807, 2.05) is 0 Å². The summed E-state index contributed by atoms with van der Waals surface area (Å²) in [6.07, 6.45) is 0. The molecule has 2 aromatic heterocycles. The van der Waals surface area contributed by atoms with Crippen LogP contribution in [0, 0.1) is 0 Å². The van der Waals surface area contributed by atoms with Crippen LogP contribution in [0.3, 0.4) is 0 Å². The molecule has 4 heterocycles. The zero-order chi connectivity index (χ0) is 27.0. The Kier molecular flexibility index (Phi) is 7.49. The topological polar surface area (TPSA) is 232 Å². The maximum absolute atomic E-state index is 13.1. The van der Waals surface area contributed by atoms with Crippen LogP contribution in [-0.2, 0) is 37.1 Å². The van der Waals surface area contributed by atoms with Crippen LogP contribution in [0.15, 0.2) is 36.1 Å². The molecule has 3 atom stereocenters. The Morgan fingerprint density at radius 2 is 2.14 bits per heavy atom. The molecular formula is C18H18N8O8S2Se. The van der Waals surface area contributed by atoms with Crippen LogP contribution in [0.1, 0.15) is 5.69 Å². The van der Waals surface area contributed by atoms with Gasteiger partial charge in [0.25, 0.3) is 0 Å². The maximum atomic E-state index is 13.1. The van der Waals surface area contributed by atoms with Crippen LogP contribution in [0.4, 0.5) is 4.69 Å². The second kappa shape index (κ2) is 10.4. The van der Waals surface area contributed by atoms with E-state index in [-0.39, 0.29) is 53.8 Å². The Labute approximate surface area is 219 Å². The van der Waals surface area contributed by atoms with Gasteiger partial charge in [-0.05, 0) is 0 Å². The number of aliphatic carboxylic acids is 1. The van der Waals surface area contributed by atoms with E-state index < -0.39 is 51.1 Å². The second-order valence-corrected chi connectivity index (χ2v) is 11.9. The van der Waals surface area contributed by atoms with Crippen molar-refractivity contribution in [3.05, 3.63) is 42.6 Å². The Morgan fingerprint density at radius 3 is 2.76 bits per heavy atom. The minimum absolute atomic E-state index is 0.0762. The number of aryl methyl sites for hydroxylation is 1. The molecule has 196 valence electrons. The van der Waals surface area contributed by atoms with E-state index in [1.54, 1.807) is 4.94 Å². The van der Waals surface area contributed by atoms with Gasteiger partial charge in [0, 0.05) is 7.05 Å². The number of H-pyrrole nitrogens is 1. The van der Waals surface area contributed by atoms with E-state index in [0.29, 0.717) is 4.69 Å². The summed E-state index contributed by atoms with van der Waals surface area (Å²) in [5.41, 5.74) is 3.46. The van der Waals surface area contributed by atoms with Crippen molar-refractivity contribution in [2.75, 3.05) is 24.3 Å². The van der Waals surface area contributed by atoms with E-state index in [2.05, 4.69) is 25.5 Å². The SMILES string of the molecule is CON=C(C(=O)N[C@@H]1C(=O)N2C(C(=O)O)=C(CSc3nc(=O)c(=O)[nH]n3C)CS(=O)[C@H]12)c1c[se]c(N)n1. The number of oxime groups is 1. The molecule has 0 bridgehead atoms. The van der Waals surface area contributed by atoms with Crippen LogP contribution < -0.4 is 22.2 Å². The number of carbonyl (C=O) groups is 3. The zero-order valence-corrected chi connectivity index (χ0v) is 22.3. The number of nitrogen functional groups attached to an aromatic ring is 1. The molecule has 0 aromatic carbocycles. The number of amides is 2. The molecule has 2 aliphatic heterocycles. The van der Waals surface area contributed by atoms with Crippen molar-refractivity contribution in [3.63, 3.8) is 0 Å². The summed E-state index contributed by atoms with van der Waals surface area (Å²) < 4.78 is 14.6. The second-order valence-electron chi connectivity index (χ2n) is 7.51. The van der Waals surface area contributed by atoms with Crippen LogP contribution in [-0.4, -0.2) is 102 Å². The van der Waals surface area contributed by atoms with Gasteiger partial charge in [0.15, 0.2) is 5.16 Å². The molecule has 0 aliphatic carbocycles. The Balaban J connectivity index is 1.56. The van der Waals surface area contributed by atoms with Gasteiger partial charge in [0.1, 0.15) is 0 Å². The number of carboxylic acid groups (broad SMARTS) is 1. The van der Waals surface area contributed by atoms with Crippen molar-refractivity contribution in [3.8, 4) is 0 Å². The number of β-lactam (4-membered cyclic amide) rings is 1. The quantitative estimate of drug-likeness (QED) is 0.0562. The van der Waals surface area contributed by atoms with Crippen LogP contribution in [0.25, 0.3) is 0 Å². The standard InChI is InChI=1S/C18H18N8O8S2Se/c1-25-18(22-12(28)13(29)23-25)35-3-6-4-36(33)15-9(14(30)26(15)10(6)16(31)32)21-11(27)8(24-34-2)7-5-37-17(19)20-7/h5,9,15H,3-4H2,1-2H3,(H2,19,20)(H,21,27)(H,23,29)(H,31,32)/t9-,15-,36?/m1/s1. The third-order valence-electron chi connectivity index (χ3n) is 5.18. The summed E-state index contributed by atoms with van der Waals surface area (Å²) >= 11 is 0.651. The first-order valence-electron chi connectivity index (χ1n) is 10.1. The summed E-state index contributed by atoms with van der Waals surface area (Å²) in [6, 6.07) is -1.27. The molecule has 2 amide bonds. The predicted octanol–water partition coefficient (Wildman–Crippen LogP) is -3.60. The fourth-order valence-electron chi connectivity index (χ4n) is 3.61. The molecule has 1 fully saturated rings. The third-order valence-corrected chi connectivity index (χ3v) is 9.36. The molecule has 2 aromatic rings. The Morgan fingerprint density at radius 1 is 1.41 bits per heavy atom. The number of hydrogen-bond donors (Lipinski definition) is 4. The number of anilines is 1. The van der Waals surface area contributed by atoms with Gasteiger partial charge in [-0.1, -0.05) is 0 Å². The Hall–Kier alpha value is -3.54. The molecule has 0 radical (unpaired) electrons. The molecule has 16 nitrogen and oxygen atoms in total. The van der Waals surface area contributed by atoms with Gasteiger partial charge in [0.05, 0.1) is 0 Å². The number of carbonyl (C=O) groups excluding carboxylic acids is 2. The summed E-state index contributed by atoms with van der Waals surface area (Å²) in [5.74, 6) is -3.31. The van der Waals surface area contributed by atoms with Crippen LogP contribution in [0.5, 0.6) is 0 Å². The predicted molar refractivity (Wildman–Crippen MR) is 130 cm³/mol. The number of nitrogens with two attached hydrogens (primary N) is 1. The van der Waals surface area contributed by atoms with E-state index in [9.17, 15) is 33.3 Å². The number of aromatic amines is 1. The minimum atomic E-state index is -1.78. The van der Waals surface area contributed by atoms with E-state index in [1.165, 1.54) is 18.8 Å². The number of nitrogens with zero attached hydrogens (tertiary/aromatic N) is 5. The summed E-state index contributed by atoms with van der Waals surface area (Å²) in [6.45, 7) is 0. The average molecular weight is 617 g/mol. The van der Waals surface area contributed by atoms with Crippen molar-refractivity contribution in [1.29, 1.82) is 0 Å². The Bertz CT molecular complexity index is 1510. The van der Waals surface area contributed by atoms with E-state index in [4.69, 9.17) is 10.6 Å². The van der Waals surface area contributed by atoms with Gasteiger partial charge < -0.3 is 0 Å². The third kappa shape index (κ3) is 5.02. The number of hydrogen-bond acceptors (Lipinski definition) is 12. The molecule has 1 unspecified atom stereocenters. The first-order valence-corrected chi connectivity index (χ1v) is 14.3. The first-order chi connectivity index (χ1) is 17.5. The van der Waals surface area contributed by atoms with Gasteiger partial charge in [-0.2, -0.15) is 4.98 Å². The number of carboxylic acids is 1. The molecule has 1 saturated heterocycles. The zero-order valence-electron chi connectivity index (χ0n) is 19.0. The molecule has 4 rings (SSSR count). The summed E-state index contributed by atoms with van der Waals surface area (Å²) in [4.78, 5) is 75.7. The van der Waals surface area contributed by atoms with Gasteiger partial charge in [-0.15, -0.1) is 0 Å². The van der Waals surface area contributed by atoms with Crippen molar-refractivity contribution >= 4 is 65.3 Å². The molecule has 0 saturated carbocycles. The van der Waals surface area contributed by atoms with Crippen molar-refractivity contribution < 1.29 is 28.5 Å². The normalized spacial score (nSPS) is 21.4. The van der Waals surface area contributed by atoms with E-state index >= 15 is 0 Å². The average Bonchev–Trinajstić information content (AvgIpc) is 3.27. The molecule has 0 spiro atoms. The monoisotopic (exact) mass is 618 g/mol. The van der Waals surface area contributed by atoms with E-state index in [0.717, 1.165) is 16.7 Å². The van der Waals surface area contributed by atoms with Gasteiger partial charge in [-0.3, -0.25) is 19.4 Å². The first kappa shape index (κ1) is 26.5.